The third kappa shape index (κ3) is 5.39. The van der Waals surface area contributed by atoms with Gasteiger partial charge in [0.15, 0.2) is 8.07 Å². The predicted octanol–water partition coefficient (Wildman–Crippen LogP) is 12.0. The zero-order chi connectivity index (χ0) is 44.1. The Morgan fingerprint density at radius 2 is 0.791 bits per heavy atom. The first kappa shape index (κ1) is 37.6. The van der Waals surface area contributed by atoms with Crippen molar-refractivity contribution in [3.8, 4) is 17.1 Å². The summed E-state index contributed by atoms with van der Waals surface area (Å²) < 4.78 is 9.64. The average Bonchev–Trinajstić information content (AvgIpc) is 4.14. The topological polar surface area (TPSA) is 32.1 Å². The molecule has 0 bridgehead atoms. The van der Waals surface area contributed by atoms with E-state index in [-0.39, 0.29) is 0 Å². The molecule has 0 N–H and O–H groups in total. The van der Waals surface area contributed by atoms with Crippen molar-refractivity contribution in [1.82, 2.24) is 23.1 Å². The van der Waals surface area contributed by atoms with Gasteiger partial charge in [-0.3, -0.25) is 8.97 Å². The maximum absolute atomic E-state index is 5.36. The first-order valence-electron chi connectivity index (χ1n) is 23.0. The van der Waals surface area contributed by atoms with E-state index >= 15 is 0 Å². The van der Waals surface area contributed by atoms with Gasteiger partial charge in [-0.05, 0) is 93.5 Å². The van der Waals surface area contributed by atoms with Gasteiger partial charge >= 0.3 is 0 Å². The fraction of sp³-hybridized carbons (Fsp3) is 0. The molecule has 0 saturated heterocycles. The molecule has 0 unspecified atom stereocenters. The predicted molar refractivity (Wildman–Crippen MR) is 282 cm³/mol. The lowest BCUT2D eigenvalue weighted by molar-refractivity contribution is 1.09. The largest absolute Gasteiger partial charge is 0.309 e. The zero-order valence-corrected chi connectivity index (χ0v) is 37.4. The minimum absolute atomic E-state index is 0.884. The molecule has 0 fully saturated rings. The molecule has 314 valence electrons. The van der Waals surface area contributed by atoms with Crippen molar-refractivity contribution in [2.24, 2.45) is 0 Å². The Morgan fingerprint density at radius 3 is 1.45 bits per heavy atom. The van der Waals surface area contributed by atoms with Crippen LogP contribution in [0.25, 0.3) is 88.5 Å². The van der Waals surface area contributed by atoms with Crippen LogP contribution >= 0.6 is 0 Å². The highest BCUT2D eigenvalue weighted by molar-refractivity contribution is 7.19. The SMILES string of the molecule is c1ccc([Si](c2ccccc2)(c2ccccc2)c2cccc(-n3c4ccc(-n5c6ccccc6c6ccccc65)cc4c4cccc(-n5c6ccccc6n6c7ccccc7nc56)c43)c2)cc1. The maximum Gasteiger partial charge on any atom is 0.220 e. The maximum atomic E-state index is 5.36. The number of hydrogen-bond acceptors (Lipinski definition) is 1. The Morgan fingerprint density at radius 1 is 0.299 bits per heavy atom. The summed E-state index contributed by atoms with van der Waals surface area (Å²) in [6.45, 7) is 0. The van der Waals surface area contributed by atoms with Gasteiger partial charge in [-0.15, -0.1) is 0 Å². The van der Waals surface area contributed by atoms with E-state index in [4.69, 9.17) is 4.98 Å². The molecule has 0 atom stereocenters. The number of para-hydroxylation sites is 7. The van der Waals surface area contributed by atoms with E-state index in [1.54, 1.807) is 0 Å². The summed E-state index contributed by atoms with van der Waals surface area (Å²) in [5, 5.41) is 10.2. The number of nitrogens with zero attached hydrogens (tertiary/aromatic N) is 5. The molecule has 0 radical (unpaired) electrons. The quantitative estimate of drug-likeness (QED) is 0.116. The van der Waals surface area contributed by atoms with Crippen LogP contribution in [0.1, 0.15) is 0 Å². The number of rotatable bonds is 7. The number of benzene rings is 10. The fourth-order valence-electron chi connectivity index (χ4n) is 11.4. The first-order valence-corrected chi connectivity index (χ1v) is 25.0. The molecule has 5 nitrogen and oxygen atoms in total. The number of imidazole rings is 2. The van der Waals surface area contributed by atoms with E-state index in [0.29, 0.717) is 0 Å². The lowest BCUT2D eigenvalue weighted by atomic mass is 10.1. The van der Waals surface area contributed by atoms with E-state index < -0.39 is 8.07 Å². The third-order valence-corrected chi connectivity index (χ3v) is 18.9. The van der Waals surface area contributed by atoms with Crippen LogP contribution in [0, 0.1) is 0 Å². The van der Waals surface area contributed by atoms with Crippen LogP contribution in [-0.4, -0.2) is 31.2 Å². The van der Waals surface area contributed by atoms with Gasteiger partial charge in [-0.1, -0.05) is 176 Å². The van der Waals surface area contributed by atoms with E-state index in [2.05, 4.69) is 267 Å². The summed E-state index contributed by atoms with van der Waals surface area (Å²) in [6, 6.07) is 91.6. The lowest BCUT2D eigenvalue weighted by Gasteiger charge is -2.34. The van der Waals surface area contributed by atoms with Gasteiger partial charge < -0.3 is 9.13 Å². The molecule has 0 amide bonds. The van der Waals surface area contributed by atoms with Crippen LogP contribution in [0.5, 0.6) is 0 Å². The Hall–Kier alpha value is -8.71. The molecule has 14 aromatic rings. The number of fused-ring (bicyclic) bond motifs is 11. The molecule has 10 aromatic carbocycles. The lowest BCUT2D eigenvalue weighted by Crippen LogP contribution is -2.74. The highest BCUT2D eigenvalue weighted by atomic mass is 28.3. The van der Waals surface area contributed by atoms with Crippen molar-refractivity contribution >= 4 is 100 Å². The van der Waals surface area contributed by atoms with Crippen LogP contribution in [0.4, 0.5) is 0 Å². The van der Waals surface area contributed by atoms with Gasteiger partial charge in [-0.25, -0.2) is 4.98 Å². The summed E-state index contributed by atoms with van der Waals surface area (Å²) in [7, 11) is -2.87. The summed E-state index contributed by atoms with van der Waals surface area (Å²) in [6.07, 6.45) is 0. The molecule has 0 aliphatic rings. The summed E-state index contributed by atoms with van der Waals surface area (Å²) >= 11 is 0. The Labute approximate surface area is 387 Å². The molecule has 0 spiro atoms. The smallest absolute Gasteiger partial charge is 0.220 e. The number of hydrogen-bond donors (Lipinski definition) is 0. The minimum atomic E-state index is -2.87. The molecule has 14 rings (SSSR count). The van der Waals surface area contributed by atoms with Crippen molar-refractivity contribution in [3.05, 3.63) is 249 Å². The van der Waals surface area contributed by atoms with Crippen molar-refractivity contribution in [3.63, 3.8) is 0 Å². The number of aromatic nitrogens is 5. The fourth-order valence-corrected chi connectivity index (χ4v) is 16.1. The van der Waals surface area contributed by atoms with E-state index in [0.717, 1.165) is 55.9 Å². The molecule has 4 heterocycles. The summed E-state index contributed by atoms with van der Waals surface area (Å²) in [5.41, 5.74) is 12.2. The van der Waals surface area contributed by atoms with Crippen LogP contribution in [0.2, 0.25) is 0 Å². The van der Waals surface area contributed by atoms with E-state index in [1.807, 2.05) is 0 Å². The second-order valence-electron chi connectivity index (χ2n) is 17.5. The molecule has 0 aliphatic heterocycles. The first-order chi connectivity index (χ1) is 33.3. The van der Waals surface area contributed by atoms with Crippen molar-refractivity contribution in [1.29, 1.82) is 0 Å². The zero-order valence-electron chi connectivity index (χ0n) is 36.4. The van der Waals surface area contributed by atoms with Gasteiger partial charge in [0.2, 0.25) is 5.78 Å². The van der Waals surface area contributed by atoms with Gasteiger partial charge in [0.25, 0.3) is 0 Å². The highest BCUT2D eigenvalue weighted by Gasteiger charge is 2.41. The molecule has 0 aliphatic carbocycles. The highest BCUT2D eigenvalue weighted by Crippen LogP contribution is 2.40. The van der Waals surface area contributed by atoms with E-state index in [9.17, 15) is 0 Å². The van der Waals surface area contributed by atoms with Gasteiger partial charge in [-0.2, -0.15) is 0 Å². The van der Waals surface area contributed by atoms with Gasteiger partial charge in [0.05, 0.1) is 49.8 Å². The third-order valence-electron chi connectivity index (χ3n) is 14.1. The molecule has 6 heteroatoms. The molecular formula is C61H41N5Si. The summed E-state index contributed by atoms with van der Waals surface area (Å²) in [5.74, 6) is 0.884. The van der Waals surface area contributed by atoms with Crippen molar-refractivity contribution < 1.29 is 0 Å². The van der Waals surface area contributed by atoms with Gasteiger partial charge in [0, 0.05) is 32.9 Å². The van der Waals surface area contributed by atoms with Crippen LogP contribution in [0.15, 0.2) is 249 Å². The van der Waals surface area contributed by atoms with Crippen LogP contribution < -0.4 is 20.7 Å². The van der Waals surface area contributed by atoms with Crippen molar-refractivity contribution in [2.75, 3.05) is 0 Å². The normalized spacial score (nSPS) is 12.2. The molecule has 67 heavy (non-hydrogen) atoms. The van der Waals surface area contributed by atoms with Gasteiger partial charge in [0.1, 0.15) is 0 Å². The van der Waals surface area contributed by atoms with E-state index in [1.165, 1.54) is 53.3 Å². The summed E-state index contributed by atoms with van der Waals surface area (Å²) in [4.78, 5) is 5.36. The van der Waals surface area contributed by atoms with Crippen LogP contribution in [0.3, 0.4) is 0 Å². The molecule has 4 aromatic heterocycles. The Kier molecular flexibility index (Phi) is 8.23. The molecule has 0 saturated carbocycles. The monoisotopic (exact) mass is 871 g/mol. The second kappa shape index (κ2) is 14.7. The standard InChI is InChI=1S/C61H41N5Si/c1-4-21-44(22-5-1)67(45-23-6-2-7-24-45,46-25-8-3-9-26-46)47-27-18-20-42(40-47)64-55-39-38-43(63-53-32-13-10-28-48(53)49-29-11-14-33-54(49)63)41-51(55)50-30-19-37-59(60(50)64)66-58-36-17-16-35-57(58)65-56-34-15-12-31-52(56)62-61(65)66/h1-41H. The Balaban J connectivity index is 1.11. The van der Waals surface area contributed by atoms with Crippen LogP contribution in [-0.2, 0) is 0 Å². The average molecular weight is 872 g/mol. The second-order valence-corrected chi connectivity index (χ2v) is 21.3. The molecular weight excluding hydrogens is 831 g/mol. The van der Waals surface area contributed by atoms with Crippen molar-refractivity contribution in [2.45, 2.75) is 0 Å². The Bertz CT molecular complexity index is 4070. The minimum Gasteiger partial charge on any atom is -0.309 e.